The highest BCUT2D eigenvalue weighted by molar-refractivity contribution is 5.45. The van der Waals surface area contributed by atoms with Crippen LogP contribution in [0.5, 0.6) is 0 Å². The van der Waals surface area contributed by atoms with Crippen molar-refractivity contribution < 1.29 is 4.74 Å². The van der Waals surface area contributed by atoms with Gasteiger partial charge in [-0.3, -0.25) is 4.98 Å². The minimum Gasteiger partial charge on any atom is -0.384 e. The topological polar surface area (TPSA) is 37.4 Å². The maximum atomic E-state index is 5.26. The Balaban J connectivity index is 1.95. The molecule has 0 amide bonds. The Morgan fingerprint density at radius 2 is 2.29 bits per heavy atom. The van der Waals surface area contributed by atoms with E-state index in [2.05, 4.69) is 41.2 Å². The second-order valence-corrected chi connectivity index (χ2v) is 5.91. The zero-order chi connectivity index (χ0) is 15.1. The molecule has 0 spiro atoms. The lowest BCUT2D eigenvalue weighted by molar-refractivity contribution is 0.161. The molecule has 1 aromatic rings. The molecule has 0 bridgehead atoms. The standard InChI is InChI=1S/C17H29N3O/c1-4-9-18-16(5-2)17-7-6-15(11-19-17)20-10-8-14(12-20)13-21-3/h6-7,11,14,16,18H,4-5,8-10,12-13H2,1-3H3. The summed E-state index contributed by atoms with van der Waals surface area (Å²) in [5, 5.41) is 3.56. The van der Waals surface area contributed by atoms with E-state index in [1.54, 1.807) is 7.11 Å². The molecule has 4 heteroatoms. The summed E-state index contributed by atoms with van der Waals surface area (Å²) in [7, 11) is 1.78. The Morgan fingerprint density at radius 1 is 1.43 bits per heavy atom. The molecule has 1 fully saturated rings. The number of rotatable bonds is 8. The normalized spacial score (nSPS) is 20.0. The summed E-state index contributed by atoms with van der Waals surface area (Å²) in [5.74, 6) is 0.657. The van der Waals surface area contributed by atoms with Gasteiger partial charge >= 0.3 is 0 Å². The molecule has 2 atom stereocenters. The SMILES string of the molecule is CCCNC(CC)c1ccc(N2CCC(COC)C2)cn1. The van der Waals surface area contributed by atoms with E-state index in [0.29, 0.717) is 12.0 Å². The van der Waals surface area contributed by atoms with Crippen LogP contribution in [0, 0.1) is 5.92 Å². The van der Waals surface area contributed by atoms with Crippen molar-refractivity contribution in [3.8, 4) is 0 Å². The largest absolute Gasteiger partial charge is 0.384 e. The molecule has 0 aliphatic carbocycles. The second kappa shape index (κ2) is 8.35. The minimum absolute atomic E-state index is 0.374. The van der Waals surface area contributed by atoms with Crippen LogP contribution in [0.25, 0.3) is 0 Å². The number of hydrogen-bond acceptors (Lipinski definition) is 4. The summed E-state index contributed by atoms with van der Waals surface area (Å²) >= 11 is 0. The van der Waals surface area contributed by atoms with Crippen LogP contribution in [0.2, 0.25) is 0 Å². The molecule has 1 N–H and O–H groups in total. The van der Waals surface area contributed by atoms with E-state index in [1.807, 2.05) is 6.20 Å². The van der Waals surface area contributed by atoms with Crippen molar-refractivity contribution in [1.29, 1.82) is 0 Å². The fraction of sp³-hybridized carbons (Fsp3) is 0.706. The lowest BCUT2D eigenvalue weighted by Gasteiger charge is -2.20. The number of nitrogens with zero attached hydrogens (tertiary/aromatic N) is 2. The summed E-state index contributed by atoms with van der Waals surface area (Å²) in [6.45, 7) is 8.51. The smallest absolute Gasteiger partial charge is 0.0574 e. The summed E-state index contributed by atoms with van der Waals surface area (Å²) in [5.41, 5.74) is 2.39. The number of anilines is 1. The van der Waals surface area contributed by atoms with Crippen LogP contribution in [-0.2, 0) is 4.74 Å². The van der Waals surface area contributed by atoms with Gasteiger partial charge in [-0.1, -0.05) is 13.8 Å². The summed E-state index contributed by atoms with van der Waals surface area (Å²) < 4.78 is 5.26. The van der Waals surface area contributed by atoms with Gasteiger partial charge < -0.3 is 15.0 Å². The molecule has 0 aromatic carbocycles. The van der Waals surface area contributed by atoms with Crippen LogP contribution in [-0.4, -0.2) is 38.3 Å². The highest BCUT2D eigenvalue weighted by Crippen LogP contribution is 2.24. The number of pyridine rings is 1. The molecule has 1 saturated heterocycles. The van der Waals surface area contributed by atoms with Gasteiger partial charge in [0.15, 0.2) is 0 Å². The van der Waals surface area contributed by atoms with E-state index >= 15 is 0 Å². The highest BCUT2D eigenvalue weighted by atomic mass is 16.5. The predicted molar refractivity (Wildman–Crippen MR) is 87.8 cm³/mol. The third-order valence-electron chi connectivity index (χ3n) is 4.23. The Hall–Kier alpha value is -1.13. The molecule has 2 unspecified atom stereocenters. The summed E-state index contributed by atoms with van der Waals surface area (Å²) in [6.07, 6.45) is 5.47. The molecule has 2 rings (SSSR count). The summed E-state index contributed by atoms with van der Waals surface area (Å²) in [6, 6.07) is 4.77. The predicted octanol–water partition coefficient (Wildman–Crippen LogP) is 3.01. The van der Waals surface area contributed by atoms with Gasteiger partial charge in [0.25, 0.3) is 0 Å². The maximum Gasteiger partial charge on any atom is 0.0574 e. The van der Waals surface area contributed by atoms with Crippen molar-refractivity contribution in [2.24, 2.45) is 5.92 Å². The van der Waals surface area contributed by atoms with Crippen LogP contribution < -0.4 is 10.2 Å². The molecule has 1 aliphatic rings. The summed E-state index contributed by atoms with van der Waals surface area (Å²) in [4.78, 5) is 7.10. The van der Waals surface area contributed by atoms with Gasteiger partial charge in [-0.05, 0) is 37.9 Å². The third kappa shape index (κ3) is 4.42. The molecule has 4 nitrogen and oxygen atoms in total. The zero-order valence-electron chi connectivity index (χ0n) is 13.6. The van der Waals surface area contributed by atoms with E-state index < -0.39 is 0 Å². The van der Waals surface area contributed by atoms with Gasteiger partial charge in [0.05, 0.1) is 24.2 Å². The van der Waals surface area contributed by atoms with Crippen molar-refractivity contribution in [2.75, 3.05) is 38.3 Å². The quantitative estimate of drug-likeness (QED) is 0.799. The molecule has 0 saturated carbocycles. The van der Waals surface area contributed by atoms with E-state index in [9.17, 15) is 0 Å². The van der Waals surface area contributed by atoms with Gasteiger partial charge in [0, 0.05) is 32.2 Å². The Kier molecular flexibility index (Phi) is 6.46. The number of hydrogen-bond donors (Lipinski definition) is 1. The monoisotopic (exact) mass is 291 g/mol. The molecular formula is C17H29N3O. The minimum atomic E-state index is 0.374. The van der Waals surface area contributed by atoms with Gasteiger partial charge in [-0.25, -0.2) is 0 Å². The lowest BCUT2D eigenvalue weighted by Crippen LogP contribution is -2.23. The van der Waals surface area contributed by atoms with E-state index in [1.165, 1.54) is 12.1 Å². The lowest BCUT2D eigenvalue weighted by atomic mass is 10.1. The van der Waals surface area contributed by atoms with Crippen molar-refractivity contribution in [2.45, 2.75) is 39.2 Å². The first-order chi connectivity index (χ1) is 10.3. The zero-order valence-corrected chi connectivity index (χ0v) is 13.6. The molecule has 2 heterocycles. The van der Waals surface area contributed by atoms with Crippen LogP contribution in [0.4, 0.5) is 5.69 Å². The van der Waals surface area contributed by atoms with E-state index in [-0.39, 0.29) is 0 Å². The van der Waals surface area contributed by atoms with Crippen LogP contribution in [0.15, 0.2) is 18.3 Å². The first-order valence-electron chi connectivity index (χ1n) is 8.21. The fourth-order valence-corrected chi connectivity index (χ4v) is 3.01. The van der Waals surface area contributed by atoms with Gasteiger partial charge in [-0.15, -0.1) is 0 Å². The average molecular weight is 291 g/mol. The molecule has 1 aromatic heterocycles. The first kappa shape index (κ1) is 16.2. The Bertz CT molecular complexity index is 407. The molecule has 1 aliphatic heterocycles. The Labute approximate surface area is 128 Å². The third-order valence-corrected chi connectivity index (χ3v) is 4.23. The number of aromatic nitrogens is 1. The van der Waals surface area contributed by atoms with Crippen molar-refractivity contribution in [1.82, 2.24) is 10.3 Å². The molecular weight excluding hydrogens is 262 g/mol. The van der Waals surface area contributed by atoms with Crippen LogP contribution in [0.3, 0.4) is 0 Å². The van der Waals surface area contributed by atoms with Gasteiger partial charge in [0.1, 0.15) is 0 Å². The van der Waals surface area contributed by atoms with Crippen molar-refractivity contribution in [3.63, 3.8) is 0 Å². The van der Waals surface area contributed by atoms with E-state index in [0.717, 1.165) is 44.8 Å². The average Bonchev–Trinajstić information content (AvgIpc) is 2.98. The second-order valence-electron chi connectivity index (χ2n) is 5.91. The molecule has 118 valence electrons. The molecule has 0 radical (unpaired) electrons. The van der Waals surface area contributed by atoms with Gasteiger partial charge in [-0.2, -0.15) is 0 Å². The number of methoxy groups -OCH3 is 1. The first-order valence-corrected chi connectivity index (χ1v) is 8.21. The molecule has 21 heavy (non-hydrogen) atoms. The fourth-order valence-electron chi connectivity index (χ4n) is 3.01. The van der Waals surface area contributed by atoms with E-state index in [4.69, 9.17) is 4.74 Å². The van der Waals surface area contributed by atoms with Gasteiger partial charge in [0.2, 0.25) is 0 Å². The number of ether oxygens (including phenoxy) is 1. The number of nitrogens with one attached hydrogen (secondary N) is 1. The van der Waals surface area contributed by atoms with Crippen molar-refractivity contribution in [3.05, 3.63) is 24.0 Å². The van der Waals surface area contributed by atoms with Crippen LogP contribution in [0.1, 0.15) is 44.8 Å². The highest BCUT2D eigenvalue weighted by Gasteiger charge is 2.22. The Morgan fingerprint density at radius 3 is 2.90 bits per heavy atom. The maximum absolute atomic E-state index is 5.26. The van der Waals surface area contributed by atoms with Crippen molar-refractivity contribution >= 4 is 5.69 Å². The van der Waals surface area contributed by atoms with Crippen LogP contribution >= 0.6 is 0 Å².